The van der Waals surface area contributed by atoms with E-state index in [4.69, 9.17) is 5.73 Å². The summed E-state index contributed by atoms with van der Waals surface area (Å²) in [5, 5.41) is 8.05. The zero-order valence-electron chi connectivity index (χ0n) is 21.2. The Bertz CT molecular complexity index is 1270. The van der Waals surface area contributed by atoms with E-state index in [1.807, 2.05) is 51.1 Å². The van der Waals surface area contributed by atoms with Crippen LogP contribution >= 0.6 is 0 Å². The summed E-state index contributed by atoms with van der Waals surface area (Å²) in [7, 11) is -3.60. The standard InChI is InChI=1S/C26H37N7O2S/c1-4-28-25-31-24(32-26(33-25)30-17(2)3)23(27)20-14-12-18(13-15-20)16-29-36(34,35)22-11-7-9-19-8-5-6-10-21(19)22/h5-11,17-18,20,23,29H,4,12-16,27H2,1-3H3,(H2,28,30,31,32,33). The topological polar surface area (TPSA) is 135 Å². The first-order valence-corrected chi connectivity index (χ1v) is 14.2. The molecule has 9 nitrogen and oxygen atoms in total. The molecule has 3 aromatic rings. The van der Waals surface area contributed by atoms with E-state index in [0.29, 0.717) is 35.7 Å². The summed E-state index contributed by atoms with van der Waals surface area (Å²) in [4.78, 5) is 13.9. The molecular weight excluding hydrogens is 474 g/mol. The van der Waals surface area contributed by atoms with Crippen molar-refractivity contribution in [3.63, 3.8) is 0 Å². The van der Waals surface area contributed by atoms with Gasteiger partial charge in [0.05, 0.1) is 10.9 Å². The van der Waals surface area contributed by atoms with Gasteiger partial charge in [-0.05, 0) is 69.7 Å². The summed E-state index contributed by atoms with van der Waals surface area (Å²) in [6.07, 6.45) is 3.60. The van der Waals surface area contributed by atoms with E-state index < -0.39 is 10.0 Å². The summed E-state index contributed by atoms with van der Waals surface area (Å²) >= 11 is 0. The van der Waals surface area contributed by atoms with E-state index in [-0.39, 0.29) is 23.9 Å². The third kappa shape index (κ3) is 6.29. The highest BCUT2D eigenvalue weighted by Gasteiger charge is 2.29. The molecule has 1 unspecified atom stereocenters. The first-order chi connectivity index (χ1) is 17.3. The van der Waals surface area contributed by atoms with Gasteiger partial charge in [-0.1, -0.05) is 36.4 Å². The molecule has 0 saturated heterocycles. The quantitative estimate of drug-likeness (QED) is 0.320. The van der Waals surface area contributed by atoms with Crippen LogP contribution in [0.1, 0.15) is 58.3 Å². The van der Waals surface area contributed by atoms with Crippen molar-refractivity contribution in [1.29, 1.82) is 0 Å². The van der Waals surface area contributed by atoms with Crippen molar-refractivity contribution in [3.05, 3.63) is 48.3 Å². The minimum atomic E-state index is -3.60. The molecule has 0 radical (unpaired) electrons. The summed E-state index contributed by atoms with van der Waals surface area (Å²) in [5.74, 6) is 2.14. The van der Waals surface area contributed by atoms with Crippen LogP contribution in [0.5, 0.6) is 0 Å². The van der Waals surface area contributed by atoms with Gasteiger partial charge < -0.3 is 16.4 Å². The number of anilines is 2. The maximum absolute atomic E-state index is 13.1. The number of nitrogens with two attached hydrogens (primary N) is 1. The molecule has 1 aliphatic carbocycles. The number of hydrogen-bond acceptors (Lipinski definition) is 8. The normalized spacial score (nSPS) is 19.4. The Labute approximate surface area is 213 Å². The predicted octanol–water partition coefficient (Wildman–Crippen LogP) is 4.06. The number of nitrogens with zero attached hydrogens (tertiary/aromatic N) is 3. The Morgan fingerprint density at radius 1 is 0.972 bits per heavy atom. The monoisotopic (exact) mass is 511 g/mol. The van der Waals surface area contributed by atoms with Crippen LogP contribution in [0.4, 0.5) is 11.9 Å². The van der Waals surface area contributed by atoms with E-state index in [2.05, 4.69) is 30.3 Å². The molecule has 0 aliphatic heterocycles. The van der Waals surface area contributed by atoms with Crippen molar-refractivity contribution >= 4 is 32.7 Å². The minimum absolute atomic E-state index is 0.194. The molecule has 1 heterocycles. The first kappa shape index (κ1) is 26.2. The predicted molar refractivity (Wildman–Crippen MR) is 144 cm³/mol. The lowest BCUT2D eigenvalue weighted by Gasteiger charge is -2.31. The summed E-state index contributed by atoms with van der Waals surface area (Å²) in [5.41, 5.74) is 6.63. The van der Waals surface area contributed by atoms with Crippen molar-refractivity contribution in [1.82, 2.24) is 19.7 Å². The van der Waals surface area contributed by atoms with E-state index in [0.717, 1.165) is 36.5 Å². The van der Waals surface area contributed by atoms with Crippen LogP contribution in [0.3, 0.4) is 0 Å². The maximum atomic E-state index is 13.1. The van der Waals surface area contributed by atoms with Crippen LogP contribution in [-0.4, -0.2) is 42.5 Å². The molecule has 5 N–H and O–H groups in total. The van der Waals surface area contributed by atoms with E-state index in [1.165, 1.54) is 0 Å². The van der Waals surface area contributed by atoms with E-state index in [1.54, 1.807) is 12.1 Å². The largest absolute Gasteiger partial charge is 0.354 e. The summed E-state index contributed by atoms with van der Waals surface area (Å²) in [6, 6.07) is 12.8. The van der Waals surface area contributed by atoms with Gasteiger partial charge in [-0.2, -0.15) is 15.0 Å². The molecule has 0 amide bonds. The van der Waals surface area contributed by atoms with Crippen molar-refractivity contribution in [3.8, 4) is 0 Å². The van der Waals surface area contributed by atoms with Crippen LogP contribution in [-0.2, 0) is 10.0 Å². The average Bonchev–Trinajstić information content (AvgIpc) is 2.87. The second-order valence-electron chi connectivity index (χ2n) is 9.81. The van der Waals surface area contributed by atoms with Gasteiger partial charge in [0.15, 0.2) is 5.82 Å². The Kier molecular flexibility index (Phi) is 8.38. The fraction of sp³-hybridized carbons (Fsp3) is 0.500. The molecule has 0 bridgehead atoms. The lowest BCUT2D eigenvalue weighted by Crippen LogP contribution is -2.34. The van der Waals surface area contributed by atoms with Gasteiger partial charge in [0.1, 0.15) is 0 Å². The Balaban J connectivity index is 1.37. The molecule has 194 valence electrons. The third-order valence-electron chi connectivity index (χ3n) is 6.70. The van der Waals surface area contributed by atoms with Crippen molar-refractivity contribution in [2.75, 3.05) is 23.7 Å². The summed E-state index contributed by atoms with van der Waals surface area (Å²) < 4.78 is 29.0. The first-order valence-electron chi connectivity index (χ1n) is 12.8. The molecular formula is C26H37N7O2S. The fourth-order valence-electron chi connectivity index (χ4n) is 4.80. The molecule has 0 spiro atoms. The van der Waals surface area contributed by atoms with Gasteiger partial charge >= 0.3 is 0 Å². The van der Waals surface area contributed by atoms with Gasteiger partial charge in [-0.15, -0.1) is 0 Å². The molecule has 1 atom stereocenters. The Morgan fingerprint density at radius 3 is 2.39 bits per heavy atom. The van der Waals surface area contributed by atoms with Crippen LogP contribution < -0.4 is 21.1 Å². The van der Waals surface area contributed by atoms with Crippen molar-refractivity contribution in [2.24, 2.45) is 17.6 Å². The van der Waals surface area contributed by atoms with Crippen molar-refractivity contribution in [2.45, 2.75) is 63.4 Å². The van der Waals surface area contributed by atoms with Crippen LogP contribution in [0.2, 0.25) is 0 Å². The van der Waals surface area contributed by atoms with Gasteiger partial charge in [-0.3, -0.25) is 0 Å². The Hall–Kier alpha value is -2.82. The van der Waals surface area contributed by atoms with Crippen LogP contribution in [0.15, 0.2) is 47.4 Å². The lowest BCUT2D eigenvalue weighted by molar-refractivity contribution is 0.240. The second-order valence-corrected chi connectivity index (χ2v) is 11.5. The highest BCUT2D eigenvalue weighted by molar-refractivity contribution is 7.89. The zero-order valence-corrected chi connectivity index (χ0v) is 22.1. The lowest BCUT2D eigenvalue weighted by atomic mass is 9.78. The number of benzene rings is 2. The van der Waals surface area contributed by atoms with Crippen molar-refractivity contribution < 1.29 is 8.42 Å². The molecule has 2 aromatic carbocycles. The molecule has 10 heteroatoms. The molecule has 4 rings (SSSR count). The molecule has 1 saturated carbocycles. The van der Waals surface area contributed by atoms with Gasteiger partial charge in [-0.25, -0.2) is 13.1 Å². The molecule has 36 heavy (non-hydrogen) atoms. The smallest absolute Gasteiger partial charge is 0.241 e. The van der Waals surface area contributed by atoms with Crippen LogP contribution in [0.25, 0.3) is 10.8 Å². The maximum Gasteiger partial charge on any atom is 0.241 e. The summed E-state index contributed by atoms with van der Waals surface area (Å²) in [6.45, 7) is 7.19. The van der Waals surface area contributed by atoms with E-state index >= 15 is 0 Å². The molecule has 1 aromatic heterocycles. The fourth-order valence-corrected chi connectivity index (χ4v) is 6.14. The number of sulfonamides is 1. The number of rotatable bonds is 10. The molecule has 1 aliphatic rings. The number of aromatic nitrogens is 3. The van der Waals surface area contributed by atoms with Gasteiger partial charge in [0.2, 0.25) is 21.9 Å². The number of hydrogen-bond donors (Lipinski definition) is 4. The Morgan fingerprint density at radius 2 is 1.67 bits per heavy atom. The second kappa shape index (κ2) is 11.5. The number of nitrogens with one attached hydrogen (secondary N) is 3. The highest BCUT2D eigenvalue weighted by atomic mass is 32.2. The molecule has 1 fully saturated rings. The average molecular weight is 512 g/mol. The van der Waals surface area contributed by atoms with E-state index in [9.17, 15) is 8.42 Å². The van der Waals surface area contributed by atoms with Gasteiger partial charge in [0, 0.05) is 24.5 Å². The number of fused-ring (bicyclic) bond motifs is 1. The minimum Gasteiger partial charge on any atom is -0.354 e. The zero-order chi connectivity index (χ0) is 25.7. The van der Waals surface area contributed by atoms with Gasteiger partial charge in [0.25, 0.3) is 0 Å². The highest BCUT2D eigenvalue weighted by Crippen LogP contribution is 2.35. The van der Waals surface area contributed by atoms with Crippen LogP contribution in [0, 0.1) is 11.8 Å². The third-order valence-corrected chi connectivity index (χ3v) is 8.19. The SMILES string of the molecule is CCNc1nc(NC(C)C)nc(C(N)C2CCC(CNS(=O)(=O)c3cccc4ccccc34)CC2)n1.